The van der Waals surface area contributed by atoms with Gasteiger partial charge in [0.1, 0.15) is 17.5 Å². The maximum absolute atomic E-state index is 9.07. The van der Waals surface area contributed by atoms with E-state index in [0.717, 1.165) is 55.4 Å². The fourth-order valence-corrected chi connectivity index (χ4v) is 3.05. The summed E-state index contributed by atoms with van der Waals surface area (Å²) in [6.07, 6.45) is 5.39. The largest absolute Gasteiger partial charge is 0.396 e. The van der Waals surface area contributed by atoms with Crippen molar-refractivity contribution in [2.24, 2.45) is 0 Å². The highest BCUT2D eigenvalue weighted by Gasteiger charge is 2.27. The van der Waals surface area contributed by atoms with E-state index in [1.807, 2.05) is 6.92 Å². The van der Waals surface area contributed by atoms with E-state index >= 15 is 0 Å². The Morgan fingerprint density at radius 2 is 2.14 bits per heavy atom. The molecule has 1 atom stereocenters. The number of aromatic nitrogens is 2. The van der Waals surface area contributed by atoms with Crippen molar-refractivity contribution in [2.45, 2.75) is 58.9 Å². The van der Waals surface area contributed by atoms with E-state index < -0.39 is 0 Å². The lowest BCUT2D eigenvalue weighted by atomic mass is 10.1. The molecule has 1 fully saturated rings. The molecule has 0 saturated carbocycles. The second-order valence-corrected chi connectivity index (χ2v) is 5.85. The van der Waals surface area contributed by atoms with Crippen LogP contribution in [0.15, 0.2) is 0 Å². The Hall–Kier alpha value is -1.36. The second kappa shape index (κ2) is 7.59. The zero-order valence-corrected chi connectivity index (χ0v) is 13.5. The van der Waals surface area contributed by atoms with Crippen LogP contribution in [-0.4, -0.2) is 40.8 Å². The predicted octanol–water partition coefficient (Wildman–Crippen LogP) is 2.66. The number of nitrogens with zero attached hydrogens (tertiary/aromatic N) is 3. The minimum Gasteiger partial charge on any atom is -0.396 e. The Bertz CT molecular complexity index is 464. The van der Waals surface area contributed by atoms with Crippen molar-refractivity contribution >= 4 is 11.6 Å². The van der Waals surface area contributed by atoms with Gasteiger partial charge in [0.05, 0.1) is 0 Å². The molecular weight excluding hydrogens is 264 g/mol. The minimum absolute atomic E-state index is 0.273. The molecule has 0 bridgehead atoms. The summed E-state index contributed by atoms with van der Waals surface area (Å²) in [7, 11) is 0. The minimum atomic E-state index is 0.273. The maximum Gasteiger partial charge on any atom is 0.137 e. The van der Waals surface area contributed by atoms with E-state index in [2.05, 4.69) is 29.0 Å². The van der Waals surface area contributed by atoms with Crippen molar-refractivity contribution in [3.05, 3.63) is 11.4 Å². The molecule has 5 nitrogen and oxygen atoms in total. The van der Waals surface area contributed by atoms with Crippen LogP contribution in [0.3, 0.4) is 0 Å². The molecule has 1 aliphatic heterocycles. The van der Waals surface area contributed by atoms with Crippen molar-refractivity contribution < 1.29 is 5.11 Å². The highest BCUT2D eigenvalue weighted by Crippen LogP contribution is 2.31. The van der Waals surface area contributed by atoms with E-state index in [4.69, 9.17) is 10.1 Å². The van der Waals surface area contributed by atoms with E-state index in [9.17, 15) is 0 Å². The summed E-state index contributed by atoms with van der Waals surface area (Å²) in [5.41, 5.74) is 1.14. The molecule has 0 aliphatic carbocycles. The zero-order chi connectivity index (χ0) is 15.2. The van der Waals surface area contributed by atoms with Gasteiger partial charge in [0.2, 0.25) is 0 Å². The van der Waals surface area contributed by atoms with Gasteiger partial charge in [0, 0.05) is 31.3 Å². The molecule has 5 heteroatoms. The van der Waals surface area contributed by atoms with E-state index in [1.54, 1.807) is 0 Å². The zero-order valence-electron chi connectivity index (χ0n) is 13.5. The number of hydrogen-bond acceptors (Lipinski definition) is 5. The number of rotatable bonds is 7. The van der Waals surface area contributed by atoms with Crippen LogP contribution in [-0.2, 0) is 0 Å². The van der Waals surface area contributed by atoms with Gasteiger partial charge in [-0.05, 0) is 46.0 Å². The predicted molar refractivity (Wildman–Crippen MR) is 87.0 cm³/mol. The van der Waals surface area contributed by atoms with Crippen LogP contribution in [0.2, 0.25) is 0 Å². The number of aliphatic hydroxyl groups is 1. The number of anilines is 2. The summed E-state index contributed by atoms with van der Waals surface area (Å²) in [5.74, 6) is 2.86. The first-order valence-corrected chi connectivity index (χ1v) is 8.14. The van der Waals surface area contributed by atoms with Crippen LogP contribution in [0.4, 0.5) is 11.6 Å². The molecule has 1 aromatic rings. The Labute approximate surface area is 127 Å². The summed E-state index contributed by atoms with van der Waals surface area (Å²) < 4.78 is 0. The van der Waals surface area contributed by atoms with Crippen LogP contribution in [0.5, 0.6) is 0 Å². The Balaban J connectivity index is 2.23. The van der Waals surface area contributed by atoms with Crippen LogP contribution >= 0.6 is 0 Å². The van der Waals surface area contributed by atoms with Crippen molar-refractivity contribution in [3.8, 4) is 0 Å². The molecule has 2 N–H and O–H groups in total. The van der Waals surface area contributed by atoms with Crippen LogP contribution in [0.1, 0.15) is 50.4 Å². The molecule has 0 radical (unpaired) electrons. The van der Waals surface area contributed by atoms with Gasteiger partial charge in [-0.1, -0.05) is 6.92 Å². The first kappa shape index (κ1) is 16.0. The van der Waals surface area contributed by atoms with Gasteiger partial charge in [0.25, 0.3) is 0 Å². The average Bonchev–Trinajstić information content (AvgIpc) is 2.93. The van der Waals surface area contributed by atoms with Gasteiger partial charge in [-0.3, -0.25) is 0 Å². The van der Waals surface area contributed by atoms with Crippen molar-refractivity contribution in [3.63, 3.8) is 0 Å². The SMILES string of the molecule is CCCNc1nc(C)nc(N2CCCC2CCCO)c1C. The summed E-state index contributed by atoms with van der Waals surface area (Å²) in [6.45, 7) is 8.48. The summed E-state index contributed by atoms with van der Waals surface area (Å²) in [4.78, 5) is 11.6. The number of aryl methyl sites for hydroxylation is 1. The van der Waals surface area contributed by atoms with Crippen LogP contribution in [0.25, 0.3) is 0 Å². The number of aliphatic hydroxyl groups excluding tert-OH is 1. The van der Waals surface area contributed by atoms with E-state index in [1.165, 1.54) is 12.8 Å². The molecule has 1 unspecified atom stereocenters. The van der Waals surface area contributed by atoms with Gasteiger partial charge < -0.3 is 15.3 Å². The van der Waals surface area contributed by atoms with Crippen LogP contribution < -0.4 is 10.2 Å². The third kappa shape index (κ3) is 3.84. The lowest BCUT2D eigenvalue weighted by Crippen LogP contribution is -2.31. The highest BCUT2D eigenvalue weighted by atomic mass is 16.2. The number of hydrogen-bond donors (Lipinski definition) is 2. The van der Waals surface area contributed by atoms with Gasteiger partial charge >= 0.3 is 0 Å². The standard InChI is InChI=1S/C16H28N4O/c1-4-9-17-15-12(2)16(19-13(3)18-15)20-10-5-7-14(20)8-6-11-21/h14,21H,4-11H2,1-3H3,(H,17,18,19). The Kier molecular flexibility index (Phi) is 5.79. The van der Waals surface area contributed by atoms with Crippen LogP contribution in [0, 0.1) is 13.8 Å². The van der Waals surface area contributed by atoms with E-state index in [0.29, 0.717) is 6.04 Å². The summed E-state index contributed by atoms with van der Waals surface area (Å²) >= 11 is 0. The van der Waals surface area contributed by atoms with Gasteiger partial charge in [-0.15, -0.1) is 0 Å². The van der Waals surface area contributed by atoms with Crippen molar-refractivity contribution in [1.29, 1.82) is 0 Å². The molecule has 1 aliphatic rings. The lowest BCUT2D eigenvalue weighted by Gasteiger charge is -2.28. The normalized spacial score (nSPS) is 18.3. The monoisotopic (exact) mass is 292 g/mol. The van der Waals surface area contributed by atoms with Gasteiger partial charge in [-0.2, -0.15) is 0 Å². The molecular formula is C16H28N4O. The third-order valence-corrected chi connectivity index (χ3v) is 4.12. The van der Waals surface area contributed by atoms with Crippen molar-refractivity contribution in [2.75, 3.05) is 29.9 Å². The highest BCUT2D eigenvalue weighted by molar-refractivity contribution is 5.59. The molecule has 2 heterocycles. The quantitative estimate of drug-likeness (QED) is 0.809. The molecule has 21 heavy (non-hydrogen) atoms. The third-order valence-electron chi connectivity index (χ3n) is 4.12. The molecule has 0 spiro atoms. The summed E-state index contributed by atoms with van der Waals surface area (Å²) in [6, 6.07) is 0.504. The molecule has 118 valence electrons. The average molecular weight is 292 g/mol. The Morgan fingerprint density at radius 1 is 1.33 bits per heavy atom. The lowest BCUT2D eigenvalue weighted by molar-refractivity contribution is 0.279. The number of nitrogens with one attached hydrogen (secondary N) is 1. The van der Waals surface area contributed by atoms with Gasteiger partial charge in [-0.25, -0.2) is 9.97 Å². The smallest absolute Gasteiger partial charge is 0.137 e. The van der Waals surface area contributed by atoms with E-state index in [-0.39, 0.29) is 6.61 Å². The fraction of sp³-hybridized carbons (Fsp3) is 0.750. The fourth-order valence-electron chi connectivity index (χ4n) is 3.05. The first-order chi connectivity index (χ1) is 10.2. The molecule has 0 aromatic carbocycles. The van der Waals surface area contributed by atoms with Crippen molar-refractivity contribution in [1.82, 2.24) is 9.97 Å². The molecule has 1 saturated heterocycles. The maximum atomic E-state index is 9.07. The van der Waals surface area contributed by atoms with Gasteiger partial charge in [0.15, 0.2) is 0 Å². The summed E-state index contributed by atoms with van der Waals surface area (Å²) in [5, 5.41) is 12.5. The Morgan fingerprint density at radius 3 is 2.86 bits per heavy atom. The molecule has 1 aromatic heterocycles. The molecule has 0 amide bonds. The first-order valence-electron chi connectivity index (χ1n) is 8.14. The topological polar surface area (TPSA) is 61.3 Å². The molecule has 2 rings (SSSR count). The second-order valence-electron chi connectivity index (χ2n) is 5.85.